The van der Waals surface area contributed by atoms with E-state index in [1.165, 1.54) is 12.1 Å². The lowest BCUT2D eigenvalue weighted by Crippen LogP contribution is -2.40. The normalized spacial score (nSPS) is 21.4. The molecular weight excluding hydrogens is 417 g/mol. The number of non-ortho nitro benzene ring substituents is 1. The number of hydrogen-bond acceptors (Lipinski definition) is 5. The van der Waals surface area contributed by atoms with Gasteiger partial charge in [0.1, 0.15) is 0 Å². The predicted molar refractivity (Wildman–Crippen MR) is 103 cm³/mol. The van der Waals surface area contributed by atoms with Gasteiger partial charge in [-0.15, -0.1) is 0 Å². The first-order chi connectivity index (χ1) is 14.7. The molecule has 166 valence electrons. The largest absolute Gasteiger partial charge is 0.391 e. The number of carbonyl (C=O) groups is 1. The zero-order valence-corrected chi connectivity index (χ0v) is 16.5. The van der Waals surface area contributed by atoms with E-state index in [0.717, 1.165) is 5.69 Å². The van der Waals surface area contributed by atoms with Gasteiger partial charge in [0.2, 0.25) is 0 Å². The van der Waals surface area contributed by atoms with E-state index >= 15 is 0 Å². The van der Waals surface area contributed by atoms with E-state index in [2.05, 4.69) is 10.4 Å². The number of alkyl halides is 3. The lowest BCUT2D eigenvalue weighted by Gasteiger charge is -2.30. The second-order valence-corrected chi connectivity index (χ2v) is 7.83. The van der Waals surface area contributed by atoms with Crippen molar-refractivity contribution in [1.29, 1.82) is 0 Å². The van der Waals surface area contributed by atoms with Crippen molar-refractivity contribution in [2.45, 2.75) is 50.9 Å². The van der Waals surface area contributed by atoms with E-state index in [9.17, 15) is 28.1 Å². The highest BCUT2D eigenvalue weighted by Gasteiger charge is 2.41. The number of rotatable bonds is 4. The maximum Gasteiger partial charge on any atom is 0.391 e. The number of carbonyl (C=O) groups excluding carboxylic acids is 1. The van der Waals surface area contributed by atoms with Crippen LogP contribution < -0.4 is 5.32 Å². The second kappa shape index (κ2) is 8.29. The zero-order valence-electron chi connectivity index (χ0n) is 16.5. The molecule has 4 rings (SSSR count). The molecule has 1 saturated carbocycles. The fraction of sp³-hybridized carbons (Fsp3) is 0.500. The number of aromatic nitrogens is 2. The van der Waals surface area contributed by atoms with E-state index in [-0.39, 0.29) is 49.7 Å². The Morgan fingerprint density at radius 3 is 2.48 bits per heavy atom. The molecule has 1 N–H and O–H groups in total. The van der Waals surface area contributed by atoms with Crippen molar-refractivity contribution >= 4 is 11.6 Å². The van der Waals surface area contributed by atoms with Gasteiger partial charge in [-0.3, -0.25) is 14.9 Å². The summed E-state index contributed by atoms with van der Waals surface area (Å²) < 4.78 is 45.7. The minimum Gasteiger partial charge on any atom is -0.376 e. The Morgan fingerprint density at radius 2 is 1.87 bits per heavy atom. The summed E-state index contributed by atoms with van der Waals surface area (Å²) in [4.78, 5) is 23.3. The molecule has 0 spiro atoms. The van der Waals surface area contributed by atoms with Crippen molar-refractivity contribution in [1.82, 2.24) is 15.1 Å². The number of hydrogen-bond donors (Lipinski definition) is 1. The minimum absolute atomic E-state index is 0.00704. The van der Waals surface area contributed by atoms with Gasteiger partial charge in [-0.25, -0.2) is 4.68 Å². The monoisotopic (exact) mass is 438 g/mol. The first-order valence-electron chi connectivity index (χ1n) is 10.0. The van der Waals surface area contributed by atoms with Crippen molar-refractivity contribution in [3.8, 4) is 5.69 Å². The first-order valence-corrected chi connectivity index (χ1v) is 10.0. The van der Waals surface area contributed by atoms with Crippen LogP contribution in [0.1, 0.15) is 47.4 Å². The van der Waals surface area contributed by atoms with Gasteiger partial charge in [-0.2, -0.15) is 18.3 Å². The Balaban J connectivity index is 1.53. The van der Waals surface area contributed by atoms with Crippen molar-refractivity contribution in [3.63, 3.8) is 0 Å². The average molecular weight is 438 g/mol. The molecule has 0 bridgehead atoms. The third-order valence-corrected chi connectivity index (χ3v) is 5.86. The lowest BCUT2D eigenvalue weighted by atomic mass is 9.85. The minimum atomic E-state index is -4.20. The van der Waals surface area contributed by atoms with Gasteiger partial charge in [-0.05, 0) is 37.8 Å². The van der Waals surface area contributed by atoms with Crippen LogP contribution in [0, 0.1) is 16.0 Å². The molecule has 0 unspecified atom stereocenters. The van der Waals surface area contributed by atoms with Gasteiger partial charge in [0, 0.05) is 30.2 Å². The molecule has 1 aromatic carbocycles. The Bertz CT molecular complexity index is 980. The van der Waals surface area contributed by atoms with Crippen LogP contribution in [0.3, 0.4) is 0 Å². The molecule has 1 amide bonds. The SMILES string of the molecule is O=C(NC1CCC(C(F)(F)F)CC1)c1nn(-c2ccc([N+](=O)[O-])cc2)c2c1COCC2. The maximum absolute atomic E-state index is 12.9. The molecule has 1 fully saturated rings. The molecule has 1 aliphatic heterocycles. The van der Waals surface area contributed by atoms with Crippen LogP contribution in [0.5, 0.6) is 0 Å². The predicted octanol–water partition coefficient (Wildman–Crippen LogP) is 3.70. The molecule has 31 heavy (non-hydrogen) atoms. The van der Waals surface area contributed by atoms with E-state index in [1.54, 1.807) is 16.8 Å². The molecule has 1 aliphatic carbocycles. The molecule has 0 radical (unpaired) electrons. The molecule has 2 aromatic rings. The third kappa shape index (κ3) is 4.41. The van der Waals surface area contributed by atoms with Crippen LogP contribution in [0.2, 0.25) is 0 Å². The van der Waals surface area contributed by atoms with Crippen molar-refractivity contribution in [2.75, 3.05) is 6.61 Å². The highest BCUT2D eigenvalue weighted by Crippen LogP contribution is 2.37. The van der Waals surface area contributed by atoms with E-state index in [1.807, 2.05) is 0 Å². The summed E-state index contributed by atoms with van der Waals surface area (Å²) in [5.74, 6) is -1.76. The number of nitro benzene ring substituents is 1. The summed E-state index contributed by atoms with van der Waals surface area (Å²) in [7, 11) is 0. The van der Waals surface area contributed by atoms with Gasteiger partial charge in [-0.1, -0.05) is 0 Å². The van der Waals surface area contributed by atoms with Gasteiger partial charge in [0.05, 0.1) is 35.4 Å². The molecule has 2 aliphatic rings. The summed E-state index contributed by atoms with van der Waals surface area (Å²) in [6.07, 6.45) is -3.17. The summed E-state index contributed by atoms with van der Waals surface area (Å²) in [5.41, 5.74) is 2.11. The number of nitrogens with one attached hydrogen (secondary N) is 1. The van der Waals surface area contributed by atoms with Gasteiger partial charge >= 0.3 is 6.18 Å². The zero-order chi connectivity index (χ0) is 22.2. The van der Waals surface area contributed by atoms with Crippen LogP contribution in [0.25, 0.3) is 5.69 Å². The molecule has 8 nitrogen and oxygen atoms in total. The molecule has 0 saturated heterocycles. The fourth-order valence-corrected chi connectivity index (χ4v) is 4.17. The summed E-state index contributed by atoms with van der Waals surface area (Å²) in [5, 5.41) is 18.1. The van der Waals surface area contributed by atoms with Crippen LogP contribution >= 0.6 is 0 Å². The number of nitro groups is 1. The van der Waals surface area contributed by atoms with Crippen LogP contribution in [0.4, 0.5) is 18.9 Å². The Hall–Kier alpha value is -2.95. The number of benzene rings is 1. The molecule has 0 atom stereocenters. The first kappa shape index (κ1) is 21.3. The number of fused-ring (bicyclic) bond motifs is 1. The smallest absolute Gasteiger partial charge is 0.376 e. The Labute approximate surface area is 175 Å². The number of amides is 1. The summed E-state index contributed by atoms with van der Waals surface area (Å²) in [6.45, 7) is 0.653. The second-order valence-electron chi connectivity index (χ2n) is 7.83. The number of nitrogens with zero attached hydrogens (tertiary/aromatic N) is 3. The molecular formula is C20H21F3N4O4. The van der Waals surface area contributed by atoms with E-state index < -0.39 is 22.9 Å². The summed E-state index contributed by atoms with van der Waals surface area (Å²) >= 11 is 0. The molecule has 1 aromatic heterocycles. The topological polar surface area (TPSA) is 99.3 Å². The average Bonchev–Trinajstić information content (AvgIpc) is 3.13. The highest BCUT2D eigenvalue weighted by atomic mass is 19.4. The van der Waals surface area contributed by atoms with Crippen LogP contribution in [-0.4, -0.2) is 39.4 Å². The van der Waals surface area contributed by atoms with E-state index in [4.69, 9.17) is 4.74 Å². The van der Waals surface area contributed by atoms with Crippen molar-refractivity contribution < 1.29 is 27.6 Å². The number of halogens is 3. The summed E-state index contributed by atoms with van der Waals surface area (Å²) in [6, 6.07) is 5.50. The third-order valence-electron chi connectivity index (χ3n) is 5.86. The Morgan fingerprint density at radius 1 is 1.19 bits per heavy atom. The van der Waals surface area contributed by atoms with Gasteiger partial charge < -0.3 is 10.1 Å². The lowest BCUT2D eigenvalue weighted by molar-refractivity contribution is -0.384. The number of ether oxygens (including phenoxy) is 1. The van der Waals surface area contributed by atoms with Gasteiger partial charge in [0.15, 0.2) is 5.69 Å². The van der Waals surface area contributed by atoms with E-state index in [0.29, 0.717) is 24.3 Å². The van der Waals surface area contributed by atoms with Crippen molar-refractivity contribution in [3.05, 3.63) is 51.3 Å². The highest BCUT2D eigenvalue weighted by molar-refractivity contribution is 5.94. The standard InChI is InChI=1S/C20H21F3N4O4/c21-20(22,23)12-1-3-13(4-2-12)24-19(28)18-16-11-31-10-9-17(16)26(25-18)14-5-7-15(8-6-14)27(29)30/h5-8,12-13H,1-4,9-11H2,(H,24,28). The Kier molecular flexibility index (Phi) is 5.69. The molecule has 11 heteroatoms. The van der Waals surface area contributed by atoms with Crippen LogP contribution in [0.15, 0.2) is 24.3 Å². The van der Waals surface area contributed by atoms with Crippen LogP contribution in [-0.2, 0) is 17.8 Å². The quantitative estimate of drug-likeness (QED) is 0.580. The fourth-order valence-electron chi connectivity index (χ4n) is 4.17. The molecule has 2 heterocycles. The van der Waals surface area contributed by atoms with Gasteiger partial charge in [0.25, 0.3) is 11.6 Å². The van der Waals surface area contributed by atoms with Crippen molar-refractivity contribution in [2.24, 2.45) is 5.92 Å². The maximum atomic E-state index is 12.9.